The van der Waals surface area contributed by atoms with Gasteiger partial charge in [0.2, 0.25) is 0 Å². The molecule has 28 heavy (non-hydrogen) atoms. The average molecular weight is 395 g/mol. The van der Waals surface area contributed by atoms with Crippen LogP contribution in [-0.2, 0) is 9.53 Å². The molecule has 0 bridgehead atoms. The summed E-state index contributed by atoms with van der Waals surface area (Å²) in [4.78, 5) is 10.6. The Bertz CT molecular complexity index is 551. The van der Waals surface area contributed by atoms with Gasteiger partial charge in [-0.25, -0.2) is 0 Å². The number of allylic oxidation sites excluding steroid dienone is 5. The summed E-state index contributed by atoms with van der Waals surface area (Å²) in [6.45, 7) is 2.10. The van der Waals surface area contributed by atoms with E-state index in [2.05, 4.69) is 31.2 Å². The maximum absolute atomic E-state index is 10.6. The van der Waals surface area contributed by atoms with Crippen LogP contribution >= 0.6 is 0 Å². The Kier molecular flexibility index (Phi) is 12.4. The van der Waals surface area contributed by atoms with E-state index in [0.29, 0.717) is 6.42 Å². The predicted molar refractivity (Wildman–Crippen MR) is 109 cm³/mol. The first-order valence-electron chi connectivity index (χ1n) is 9.98. The zero-order valence-corrected chi connectivity index (χ0v) is 16.6. The fourth-order valence-corrected chi connectivity index (χ4v) is 2.86. The van der Waals surface area contributed by atoms with E-state index in [1.165, 1.54) is 0 Å². The lowest BCUT2D eigenvalue weighted by molar-refractivity contribution is -0.138. The Morgan fingerprint density at radius 1 is 1.11 bits per heavy atom. The largest absolute Gasteiger partial charge is 0.481 e. The van der Waals surface area contributed by atoms with Gasteiger partial charge in [-0.2, -0.15) is 0 Å². The van der Waals surface area contributed by atoms with Crippen LogP contribution in [0.2, 0.25) is 0 Å². The zero-order chi connectivity index (χ0) is 20.8. The summed E-state index contributed by atoms with van der Waals surface area (Å²) in [5.74, 6) is -0.978. The molecule has 0 spiro atoms. The summed E-state index contributed by atoms with van der Waals surface area (Å²) in [6.07, 6.45) is 15.4. The van der Waals surface area contributed by atoms with Crippen molar-refractivity contribution in [3.8, 4) is 0 Å². The van der Waals surface area contributed by atoms with E-state index in [1.807, 2.05) is 12.2 Å². The first-order chi connectivity index (χ1) is 13.4. The molecule has 6 nitrogen and oxygen atoms in total. The molecule has 6 heteroatoms. The lowest BCUT2D eigenvalue weighted by atomic mass is 10.0. The summed E-state index contributed by atoms with van der Waals surface area (Å²) in [5.41, 5.74) is 0. The monoisotopic (exact) mass is 394 g/mol. The van der Waals surface area contributed by atoms with E-state index in [9.17, 15) is 20.1 Å². The molecule has 0 aromatic heterocycles. The van der Waals surface area contributed by atoms with Crippen molar-refractivity contribution in [2.45, 2.75) is 82.4 Å². The molecule has 0 aromatic rings. The Morgan fingerprint density at radius 2 is 1.75 bits per heavy atom. The average Bonchev–Trinajstić information content (AvgIpc) is 3.04. The maximum atomic E-state index is 10.6. The molecule has 5 atom stereocenters. The second kappa shape index (κ2) is 14.3. The molecule has 0 aliphatic carbocycles. The molecule has 4 N–H and O–H groups in total. The molecular weight excluding hydrogens is 360 g/mol. The van der Waals surface area contributed by atoms with Crippen LogP contribution in [0.15, 0.2) is 48.6 Å². The minimum atomic E-state index is -0.978. The summed E-state index contributed by atoms with van der Waals surface area (Å²) < 4.78 is 5.59. The second-order valence-electron chi connectivity index (χ2n) is 6.92. The molecule has 1 rings (SSSR count). The third-order valence-electron chi connectivity index (χ3n) is 4.45. The lowest BCUT2D eigenvalue weighted by Gasteiger charge is -2.17. The van der Waals surface area contributed by atoms with Crippen LogP contribution in [0.25, 0.3) is 0 Å². The highest BCUT2D eigenvalue weighted by molar-refractivity contribution is 5.66. The quantitative estimate of drug-likeness (QED) is 0.358. The summed E-state index contributed by atoms with van der Waals surface area (Å²) in [5, 5.41) is 38.7. The first-order valence-corrected chi connectivity index (χ1v) is 9.98. The number of hydrogen-bond donors (Lipinski definition) is 4. The number of aliphatic carboxylic acids is 1. The van der Waals surface area contributed by atoms with Crippen molar-refractivity contribution < 1.29 is 30.0 Å². The standard InChI is InChI=1S/C22H34O6/c1-2-3-4-5-6-7-8-9-10-11-17(23)12-14-20-19(25)16-21(28-20)18(24)13-15-22(26)27/h3-4,6-7,9-10,12,14,17-21,23-25H,2,5,8,11,13,15-16H2,1H3,(H,26,27)/b4-3-,7-6-,10-9-,14-12+/t17-,18+,19-,20-,21-/m0/s1. The van der Waals surface area contributed by atoms with Crippen LogP contribution in [0.1, 0.15) is 51.9 Å². The van der Waals surface area contributed by atoms with Gasteiger partial charge in [-0.05, 0) is 32.1 Å². The van der Waals surface area contributed by atoms with Gasteiger partial charge in [-0.15, -0.1) is 0 Å². The number of ether oxygens (including phenoxy) is 1. The highest BCUT2D eigenvalue weighted by Gasteiger charge is 2.36. The number of carboxylic acids is 1. The molecule has 1 aliphatic heterocycles. The number of aliphatic hydroxyl groups is 3. The molecule has 0 saturated carbocycles. The van der Waals surface area contributed by atoms with Crippen LogP contribution < -0.4 is 0 Å². The predicted octanol–water partition coefficient (Wildman–Crippen LogP) is 2.90. The van der Waals surface area contributed by atoms with Crippen LogP contribution in [0.3, 0.4) is 0 Å². The van der Waals surface area contributed by atoms with Crippen molar-refractivity contribution in [3.05, 3.63) is 48.6 Å². The fraction of sp³-hybridized carbons (Fsp3) is 0.591. The summed E-state index contributed by atoms with van der Waals surface area (Å²) in [6, 6.07) is 0. The van der Waals surface area contributed by atoms with Crippen molar-refractivity contribution in [2.24, 2.45) is 0 Å². The highest BCUT2D eigenvalue weighted by atomic mass is 16.5. The Balaban J connectivity index is 2.29. The summed E-state index contributed by atoms with van der Waals surface area (Å²) >= 11 is 0. The van der Waals surface area contributed by atoms with Crippen molar-refractivity contribution in [3.63, 3.8) is 0 Å². The van der Waals surface area contributed by atoms with E-state index >= 15 is 0 Å². The van der Waals surface area contributed by atoms with Gasteiger partial charge in [-0.3, -0.25) is 4.79 Å². The van der Waals surface area contributed by atoms with Crippen molar-refractivity contribution in [2.75, 3.05) is 0 Å². The molecule has 158 valence electrons. The molecule has 1 heterocycles. The SMILES string of the molecule is CC/C=C\C/C=C\C/C=C\C[C@H](O)/C=C/[C@@H]1O[C@H]([C@H](O)CCC(=O)O)C[C@@H]1O. The highest BCUT2D eigenvalue weighted by Crippen LogP contribution is 2.25. The number of hydrogen-bond acceptors (Lipinski definition) is 5. The number of aliphatic hydroxyl groups excluding tert-OH is 3. The van der Waals surface area contributed by atoms with Gasteiger partial charge < -0.3 is 25.2 Å². The fourth-order valence-electron chi connectivity index (χ4n) is 2.86. The molecule has 0 amide bonds. The lowest BCUT2D eigenvalue weighted by Crippen LogP contribution is -2.26. The van der Waals surface area contributed by atoms with E-state index in [1.54, 1.807) is 12.2 Å². The van der Waals surface area contributed by atoms with Gasteiger partial charge in [0.1, 0.15) is 6.10 Å². The third-order valence-corrected chi connectivity index (χ3v) is 4.45. The Hall–Kier alpha value is -1.73. The molecule has 0 radical (unpaired) electrons. The van der Waals surface area contributed by atoms with E-state index in [-0.39, 0.29) is 19.3 Å². The normalized spacial score (nSPS) is 25.5. The van der Waals surface area contributed by atoms with Crippen LogP contribution in [0.5, 0.6) is 0 Å². The molecular formula is C22H34O6. The summed E-state index contributed by atoms with van der Waals surface area (Å²) in [7, 11) is 0. The maximum Gasteiger partial charge on any atom is 0.303 e. The van der Waals surface area contributed by atoms with Crippen LogP contribution in [0.4, 0.5) is 0 Å². The third kappa shape index (κ3) is 10.6. The molecule has 0 aromatic carbocycles. The van der Waals surface area contributed by atoms with Gasteiger partial charge in [0.25, 0.3) is 0 Å². The van der Waals surface area contributed by atoms with Crippen molar-refractivity contribution in [1.82, 2.24) is 0 Å². The van der Waals surface area contributed by atoms with Crippen LogP contribution in [-0.4, -0.2) is 56.9 Å². The smallest absolute Gasteiger partial charge is 0.303 e. The number of carbonyl (C=O) groups is 1. The second-order valence-corrected chi connectivity index (χ2v) is 6.92. The van der Waals surface area contributed by atoms with E-state index < -0.39 is 36.5 Å². The topological polar surface area (TPSA) is 107 Å². The molecule has 1 saturated heterocycles. The molecule has 1 aliphatic rings. The van der Waals surface area contributed by atoms with Crippen LogP contribution in [0, 0.1) is 0 Å². The molecule has 1 fully saturated rings. The van der Waals surface area contributed by atoms with Crippen molar-refractivity contribution >= 4 is 5.97 Å². The number of rotatable bonds is 13. The molecule has 0 unspecified atom stereocenters. The minimum absolute atomic E-state index is 0.0832. The van der Waals surface area contributed by atoms with Gasteiger partial charge in [0.15, 0.2) is 0 Å². The van der Waals surface area contributed by atoms with Gasteiger partial charge in [0.05, 0.1) is 24.4 Å². The van der Waals surface area contributed by atoms with E-state index in [4.69, 9.17) is 9.84 Å². The Labute approximate surface area is 167 Å². The van der Waals surface area contributed by atoms with Gasteiger partial charge >= 0.3 is 5.97 Å². The van der Waals surface area contributed by atoms with Gasteiger partial charge in [0, 0.05) is 12.8 Å². The van der Waals surface area contributed by atoms with E-state index in [0.717, 1.165) is 19.3 Å². The first kappa shape index (κ1) is 24.3. The Morgan fingerprint density at radius 3 is 2.39 bits per heavy atom. The van der Waals surface area contributed by atoms with Gasteiger partial charge in [-0.1, -0.05) is 55.5 Å². The minimum Gasteiger partial charge on any atom is -0.481 e. The van der Waals surface area contributed by atoms with Crippen molar-refractivity contribution in [1.29, 1.82) is 0 Å². The zero-order valence-electron chi connectivity index (χ0n) is 16.6. The number of carboxylic acid groups (broad SMARTS) is 1.